The Hall–Kier alpha value is -3.41. The van der Waals surface area contributed by atoms with Crippen molar-refractivity contribution in [1.82, 2.24) is 15.0 Å². The van der Waals surface area contributed by atoms with E-state index in [0.717, 1.165) is 27.8 Å². The standard InChI is InChI=1S/C19H15FN4O/c20-16-4-2-1-3-13(16)10-22-15-7-14(9-21-11-15)12-5-6-17-18(8-12)24-19(25)23-17/h1-9,11,22H,10H2,(H2,23,24,25). The van der Waals surface area contributed by atoms with Gasteiger partial charge in [-0.2, -0.15) is 0 Å². The Bertz CT molecular complexity index is 1100. The highest BCUT2D eigenvalue weighted by Crippen LogP contribution is 2.24. The molecule has 0 atom stereocenters. The number of aromatic nitrogens is 3. The lowest BCUT2D eigenvalue weighted by atomic mass is 10.1. The lowest BCUT2D eigenvalue weighted by Crippen LogP contribution is -2.02. The molecule has 0 spiro atoms. The molecule has 6 heteroatoms. The molecule has 0 bridgehead atoms. The molecule has 2 aromatic heterocycles. The van der Waals surface area contributed by atoms with Gasteiger partial charge in [0.05, 0.1) is 16.7 Å². The van der Waals surface area contributed by atoms with E-state index in [1.54, 1.807) is 24.5 Å². The van der Waals surface area contributed by atoms with Gasteiger partial charge < -0.3 is 15.3 Å². The third-order valence-electron chi connectivity index (χ3n) is 4.03. The van der Waals surface area contributed by atoms with Crippen molar-refractivity contribution < 1.29 is 4.39 Å². The summed E-state index contributed by atoms with van der Waals surface area (Å²) in [5.41, 5.74) is 4.50. The first-order chi connectivity index (χ1) is 12.2. The van der Waals surface area contributed by atoms with Gasteiger partial charge in [0.25, 0.3) is 0 Å². The van der Waals surface area contributed by atoms with Crippen molar-refractivity contribution in [2.24, 2.45) is 0 Å². The molecule has 25 heavy (non-hydrogen) atoms. The molecule has 0 radical (unpaired) electrons. The molecule has 0 saturated carbocycles. The summed E-state index contributed by atoms with van der Waals surface area (Å²) in [6, 6.07) is 14.3. The first-order valence-electron chi connectivity index (χ1n) is 7.84. The van der Waals surface area contributed by atoms with Gasteiger partial charge >= 0.3 is 5.69 Å². The largest absolute Gasteiger partial charge is 0.380 e. The second kappa shape index (κ2) is 6.24. The fourth-order valence-corrected chi connectivity index (χ4v) is 2.75. The molecule has 0 saturated heterocycles. The zero-order chi connectivity index (χ0) is 17.2. The Morgan fingerprint density at radius 2 is 1.80 bits per heavy atom. The molecule has 0 aliphatic heterocycles. The van der Waals surface area contributed by atoms with Crippen LogP contribution in [-0.2, 0) is 6.54 Å². The second-order valence-electron chi connectivity index (χ2n) is 5.75. The van der Waals surface area contributed by atoms with Crippen molar-refractivity contribution in [3.63, 3.8) is 0 Å². The topological polar surface area (TPSA) is 73.6 Å². The van der Waals surface area contributed by atoms with Crippen molar-refractivity contribution in [3.05, 3.63) is 82.8 Å². The van der Waals surface area contributed by atoms with Gasteiger partial charge in [-0.05, 0) is 29.8 Å². The van der Waals surface area contributed by atoms with Gasteiger partial charge in [0.2, 0.25) is 0 Å². The van der Waals surface area contributed by atoms with Crippen molar-refractivity contribution in [1.29, 1.82) is 0 Å². The van der Waals surface area contributed by atoms with Crippen LogP contribution >= 0.6 is 0 Å². The number of fused-ring (bicyclic) bond motifs is 1. The lowest BCUT2D eigenvalue weighted by Gasteiger charge is -2.09. The summed E-state index contributed by atoms with van der Waals surface area (Å²) in [5.74, 6) is -0.235. The summed E-state index contributed by atoms with van der Waals surface area (Å²) in [4.78, 5) is 21.1. The van der Waals surface area contributed by atoms with Crippen LogP contribution in [0.3, 0.4) is 0 Å². The Labute approximate surface area is 142 Å². The van der Waals surface area contributed by atoms with Crippen LogP contribution in [0, 0.1) is 5.82 Å². The predicted octanol–water partition coefficient (Wildman–Crippen LogP) is 3.67. The highest BCUT2D eigenvalue weighted by atomic mass is 19.1. The second-order valence-corrected chi connectivity index (χ2v) is 5.75. The molecule has 2 aromatic carbocycles. The Morgan fingerprint density at radius 1 is 0.960 bits per heavy atom. The van der Waals surface area contributed by atoms with Crippen LogP contribution < -0.4 is 11.0 Å². The van der Waals surface area contributed by atoms with Gasteiger partial charge in [0.15, 0.2) is 0 Å². The maximum absolute atomic E-state index is 13.7. The van der Waals surface area contributed by atoms with Crippen molar-refractivity contribution in [2.45, 2.75) is 6.54 Å². The number of aromatic amines is 2. The van der Waals surface area contributed by atoms with Gasteiger partial charge in [-0.3, -0.25) is 4.98 Å². The third kappa shape index (κ3) is 3.14. The first kappa shape index (κ1) is 15.1. The molecule has 0 fully saturated rings. The monoisotopic (exact) mass is 334 g/mol. The molecule has 3 N–H and O–H groups in total. The van der Waals surface area contributed by atoms with Crippen LogP contribution in [0.15, 0.2) is 65.7 Å². The summed E-state index contributed by atoms with van der Waals surface area (Å²) in [7, 11) is 0. The minimum absolute atomic E-state index is 0.231. The van der Waals surface area contributed by atoms with E-state index in [0.29, 0.717) is 12.1 Å². The molecule has 0 unspecified atom stereocenters. The van der Waals surface area contributed by atoms with Crippen LogP contribution in [0.2, 0.25) is 0 Å². The van der Waals surface area contributed by atoms with Gasteiger partial charge in [-0.1, -0.05) is 24.3 Å². The number of rotatable bonds is 4. The summed E-state index contributed by atoms with van der Waals surface area (Å²) in [5, 5.41) is 3.19. The molecule has 0 aliphatic rings. The summed E-state index contributed by atoms with van der Waals surface area (Å²) < 4.78 is 13.7. The third-order valence-corrected chi connectivity index (χ3v) is 4.03. The fraction of sp³-hybridized carbons (Fsp3) is 0.0526. The van der Waals surface area contributed by atoms with Gasteiger partial charge in [0.1, 0.15) is 5.82 Å². The lowest BCUT2D eigenvalue weighted by molar-refractivity contribution is 0.613. The quantitative estimate of drug-likeness (QED) is 0.533. The number of hydrogen-bond acceptors (Lipinski definition) is 3. The Morgan fingerprint density at radius 3 is 2.68 bits per heavy atom. The van der Waals surface area contributed by atoms with E-state index in [1.165, 1.54) is 6.07 Å². The van der Waals surface area contributed by atoms with Crippen molar-refractivity contribution >= 4 is 16.7 Å². The van der Waals surface area contributed by atoms with Crippen molar-refractivity contribution in [2.75, 3.05) is 5.32 Å². The van der Waals surface area contributed by atoms with Gasteiger partial charge in [-0.15, -0.1) is 0 Å². The minimum atomic E-state index is -0.235. The molecular weight excluding hydrogens is 319 g/mol. The fourth-order valence-electron chi connectivity index (χ4n) is 2.75. The molecule has 4 rings (SSSR count). The minimum Gasteiger partial charge on any atom is -0.380 e. The average Bonchev–Trinajstić information content (AvgIpc) is 3.00. The molecule has 0 amide bonds. The highest BCUT2D eigenvalue weighted by molar-refractivity contribution is 5.81. The number of anilines is 1. The number of nitrogens with one attached hydrogen (secondary N) is 3. The predicted molar refractivity (Wildman–Crippen MR) is 95.9 cm³/mol. The number of imidazole rings is 1. The van der Waals surface area contributed by atoms with E-state index >= 15 is 0 Å². The van der Waals surface area contributed by atoms with E-state index in [1.807, 2.05) is 30.3 Å². The van der Waals surface area contributed by atoms with Crippen LogP contribution in [0.5, 0.6) is 0 Å². The molecule has 4 aromatic rings. The van der Waals surface area contributed by atoms with Crippen molar-refractivity contribution in [3.8, 4) is 11.1 Å². The molecule has 5 nitrogen and oxygen atoms in total. The number of nitrogens with zero attached hydrogens (tertiary/aromatic N) is 1. The number of halogens is 1. The summed E-state index contributed by atoms with van der Waals surface area (Å²) >= 11 is 0. The number of benzene rings is 2. The molecule has 2 heterocycles. The Kier molecular flexibility index (Phi) is 3.78. The number of hydrogen-bond donors (Lipinski definition) is 3. The zero-order valence-corrected chi connectivity index (χ0v) is 13.2. The van der Waals surface area contributed by atoms with E-state index in [9.17, 15) is 9.18 Å². The smallest absolute Gasteiger partial charge is 0.323 e. The number of H-pyrrole nitrogens is 2. The average molecular weight is 334 g/mol. The molecule has 0 aliphatic carbocycles. The van der Waals surface area contributed by atoms with E-state index in [4.69, 9.17) is 0 Å². The van der Waals surface area contributed by atoms with Gasteiger partial charge in [0, 0.05) is 30.1 Å². The van der Waals surface area contributed by atoms with E-state index in [2.05, 4.69) is 20.3 Å². The van der Waals surface area contributed by atoms with E-state index in [-0.39, 0.29) is 11.5 Å². The summed E-state index contributed by atoms with van der Waals surface area (Å²) in [6.45, 7) is 0.377. The Balaban J connectivity index is 1.59. The SMILES string of the molecule is O=c1[nH]c2ccc(-c3cncc(NCc4ccccc4F)c3)cc2[nH]1. The van der Waals surface area contributed by atoms with Crippen LogP contribution in [0.4, 0.5) is 10.1 Å². The number of pyridine rings is 1. The van der Waals surface area contributed by atoms with Crippen LogP contribution in [0.1, 0.15) is 5.56 Å². The van der Waals surface area contributed by atoms with E-state index < -0.39 is 0 Å². The normalized spacial score (nSPS) is 10.9. The van der Waals surface area contributed by atoms with Gasteiger partial charge in [-0.25, -0.2) is 9.18 Å². The molecular formula is C19H15FN4O. The highest BCUT2D eigenvalue weighted by Gasteiger charge is 2.05. The maximum atomic E-state index is 13.7. The first-order valence-corrected chi connectivity index (χ1v) is 7.84. The van der Waals surface area contributed by atoms with Crippen LogP contribution in [0.25, 0.3) is 22.2 Å². The molecule has 124 valence electrons. The summed E-state index contributed by atoms with van der Waals surface area (Å²) in [6.07, 6.45) is 3.45. The zero-order valence-electron chi connectivity index (χ0n) is 13.2. The maximum Gasteiger partial charge on any atom is 0.323 e. The van der Waals surface area contributed by atoms with Crippen LogP contribution in [-0.4, -0.2) is 15.0 Å².